The molecule has 0 radical (unpaired) electrons. The third-order valence-corrected chi connectivity index (χ3v) is 3.53. The first-order valence-corrected chi connectivity index (χ1v) is 8.02. The van der Waals surface area contributed by atoms with Crippen molar-refractivity contribution in [1.29, 1.82) is 0 Å². The number of hydrogen-bond acceptors (Lipinski definition) is 5. The summed E-state index contributed by atoms with van der Waals surface area (Å²) in [5, 5.41) is 10.8. The van der Waals surface area contributed by atoms with Gasteiger partial charge in [0.2, 0.25) is 5.91 Å². The number of hydrogen-bond donors (Lipinski definition) is 1. The first-order chi connectivity index (χ1) is 12.2. The third kappa shape index (κ3) is 4.00. The highest BCUT2D eigenvalue weighted by atomic mass is 16.5. The second kappa shape index (κ2) is 7.57. The van der Waals surface area contributed by atoms with Crippen molar-refractivity contribution in [3.8, 4) is 0 Å². The van der Waals surface area contributed by atoms with Gasteiger partial charge in [-0.2, -0.15) is 0 Å². The lowest BCUT2D eigenvalue weighted by atomic mass is 10.2. The summed E-state index contributed by atoms with van der Waals surface area (Å²) < 4.78 is 6.63. The van der Waals surface area contributed by atoms with Gasteiger partial charge in [-0.25, -0.2) is 9.48 Å². The molecule has 25 heavy (non-hydrogen) atoms. The van der Waals surface area contributed by atoms with Crippen molar-refractivity contribution in [3.05, 3.63) is 54.1 Å². The van der Waals surface area contributed by atoms with Gasteiger partial charge in [-0.3, -0.25) is 4.79 Å². The minimum absolute atomic E-state index is 0.0328. The maximum atomic E-state index is 12.3. The summed E-state index contributed by atoms with van der Waals surface area (Å²) in [6.07, 6.45) is 0.758. The molecule has 0 aliphatic carbocycles. The average molecular weight is 338 g/mol. The zero-order valence-electron chi connectivity index (χ0n) is 13.8. The first-order valence-electron chi connectivity index (χ1n) is 8.02. The molecule has 1 aromatic heterocycles. The number of para-hydroxylation sites is 1. The van der Waals surface area contributed by atoms with Gasteiger partial charge in [0, 0.05) is 5.69 Å². The van der Waals surface area contributed by atoms with Crippen LogP contribution >= 0.6 is 0 Å². The van der Waals surface area contributed by atoms with Gasteiger partial charge >= 0.3 is 5.97 Å². The van der Waals surface area contributed by atoms with Crippen LogP contribution in [0.4, 0.5) is 5.69 Å². The first kappa shape index (κ1) is 16.6. The van der Waals surface area contributed by atoms with Crippen molar-refractivity contribution in [3.63, 3.8) is 0 Å². The Balaban J connectivity index is 1.68. The van der Waals surface area contributed by atoms with Crippen molar-refractivity contribution in [2.45, 2.75) is 19.9 Å². The number of nitrogens with one attached hydrogen (secondary N) is 1. The molecule has 1 amide bonds. The summed E-state index contributed by atoms with van der Waals surface area (Å²) in [5.74, 6) is -0.657. The summed E-state index contributed by atoms with van der Waals surface area (Å²) in [4.78, 5) is 24.1. The number of nitrogens with zero attached hydrogens (tertiary/aromatic N) is 3. The molecule has 0 saturated carbocycles. The van der Waals surface area contributed by atoms with Crippen molar-refractivity contribution >= 4 is 28.6 Å². The molecular weight excluding hydrogens is 320 g/mol. The molecule has 0 aliphatic heterocycles. The maximum absolute atomic E-state index is 12.3. The Kier molecular flexibility index (Phi) is 5.03. The standard InChI is InChI=1S/C18H18N4O3/c1-2-10-25-18(24)13-6-5-7-14(11-13)19-17(23)12-22-16-9-4-3-8-15(16)20-21-22/h3-9,11H,2,10,12H2,1H3,(H,19,23). The largest absolute Gasteiger partial charge is 0.462 e. The number of amides is 1. The van der Waals surface area contributed by atoms with E-state index in [0.717, 1.165) is 17.5 Å². The number of fused-ring (bicyclic) bond motifs is 1. The third-order valence-electron chi connectivity index (χ3n) is 3.53. The zero-order valence-corrected chi connectivity index (χ0v) is 13.8. The lowest BCUT2D eigenvalue weighted by Crippen LogP contribution is -2.19. The fraction of sp³-hybridized carbons (Fsp3) is 0.222. The lowest BCUT2D eigenvalue weighted by molar-refractivity contribution is -0.116. The monoisotopic (exact) mass is 338 g/mol. The van der Waals surface area contributed by atoms with Crippen molar-refractivity contribution in [2.24, 2.45) is 0 Å². The highest BCUT2D eigenvalue weighted by Crippen LogP contribution is 2.13. The van der Waals surface area contributed by atoms with Crippen LogP contribution in [0.3, 0.4) is 0 Å². The van der Waals surface area contributed by atoms with E-state index in [1.807, 2.05) is 31.2 Å². The number of carbonyl (C=O) groups excluding carboxylic acids is 2. The summed E-state index contributed by atoms with van der Waals surface area (Å²) in [7, 11) is 0. The molecule has 7 heteroatoms. The second-order valence-electron chi connectivity index (χ2n) is 5.50. The maximum Gasteiger partial charge on any atom is 0.338 e. The van der Waals surface area contributed by atoms with Gasteiger partial charge in [-0.15, -0.1) is 5.10 Å². The summed E-state index contributed by atoms with van der Waals surface area (Å²) in [5.41, 5.74) is 2.45. The number of ether oxygens (including phenoxy) is 1. The fourth-order valence-corrected chi connectivity index (χ4v) is 2.37. The van der Waals surface area contributed by atoms with Crippen LogP contribution in [0.1, 0.15) is 23.7 Å². The van der Waals surface area contributed by atoms with Crippen molar-refractivity contribution in [2.75, 3.05) is 11.9 Å². The zero-order chi connectivity index (χ0) is 17.6. The molecule has 0 spiro atoms. The van der Waals surface area contributed by atoms with Crippen LogP contribution in [0.5, 0.6) is 0 Å². The molecule has 3 rings (SSSR count). The number of carbonyl (C=O) groups is 2. The predicted molar refractivity (Wildman–Crippen MR) is 93.2 cm³/mol. The smallest absolute Gasteiger partial charge is 0.338 e. The van der Waals surface area contributed by atoms with Crippen LogP contribution in [-0.2, 0) is 16.1 Å². The highest BCUT2D eigenvalue weighted by Gasteiger charge is 2.11. The minimum Gasteiger partial charge on any atom is -0.462 e. The second-order valence-corrected chi connectivity index (χ2v) is 5.50. The molecule has 0 fully saturated rings. The van der Waals surface area contributed by atoms with Crippen LogP contribution in [0, 0.1) is 0 Å². The van der Waals surface area contributed by atoms with Crippen LogP contribution < -0.4 is 5.32 Å². The molecule has 128 valence electrons. The summed E-state index contributed by atoms with van der Waals surface area (Å²) in [6, 6.07) is 14.1. The molecular formula is C18H18N4O3. The Morgan fingerprint density at radius 3 is 2.84 bits per heavy atom. The van der Waals surface area contributed by atoms with Gasteiger partial charge in [0.15, 0.2) is 0 Å². The van der Waals surface area contributed by atoms with Crippen molar-refractivity contribution < 1.29 is 14.3 Å². The number of esters is 1. The topological polar surface area (TPSA) is 86.1 Å². The molecule has 1 heterocycles. The lowest BCUT2D eigenvalue weighted by Gasteiger charge is -2.08. The Labute approximate surface area is 144 Å². The Bertz CT molecular complexity index is 904. The number of benzene rings is 2. The predicted octanol–water partition coefficient (Wildman–Crippen LogP) is 2.64. The van der Waals surface area contributed by atoms with E-state index < -0.39 is 5.97 Å². The van der Waals surface area contributed by atoms with Gasteiger partial charge in [0.25, 0.3) is 0 Å². The summed E-state index contributed by atoms with van der Waals surface area (Å²) in [6.45, 7) is 2.33. The van der Waals surface area contributed by atoms with E-state index in [9.17, 15) is 9.59 Å². The van der Waals surface area contributed by atoms with Gasteiger partial charge in [0.1, 0.15) is 12.1 Å². The number of aromatic nitrogens is 3. The van der Waals surface area contributed by atoms with E-state index in [1.54, 1.807) is 24.3 Å². The minimum atomic E-state index is -0.403. The van der Waals surface area contributed by atoms with E-state index in [1.165, 1.54) is 4.68 Å². The van der Waals surface area contributed by atoms with E-state index in [-0.39, 0.29) is 12.5 Å². The summed E-state index contributed by atoms with van der Waals surface area (Å²) >= 11 is 0. The molecule has 0 aliphatic rings. The quantitative estimate of drug-likeness (QED) is 0.698. The normalized spacial score (nSPS) is 10.6. The van der Waals surface area contributed by atoms with Gasteiger partial charge in [-0.05, 0) is 36.8 Å². The fourth-order valence-electron chi connectivity index (χ4n) is 2.37. The van der Waals surface area contributed by atoms with E-state index in [2.05, 4.69) is 15.6 Å². The van der Waals surface area contributed by atoms with Gasteiger partial charge in [0.05, 0.1) is 17.7 Å². The molecule has 0 unspecified atom stereocenters. The molecule has 7 nitrogen and oxygen atoms in total. The number of anilines is 1. The van der Waals surface area contributed by atoms with Crippen LogP contribution in [-0.4, -0.2) is 33.5 Å². The molecule has 0 bridgehead atoms. The van der Waals surface area contributed by atoms with Gasteiger partial charge in [-0.1, -0.05) is 30.3 Å². The number of rotatable bonds is 6. The average Bonchev–Trinajstić information content (AvgIpc) is 3.03. The Morgan fingerprint density at radius 2 is 2.00 bits per heavy atom. The Morgan fingerprint density at radius 1 is 1.16 bits per heavy atom. The van der Waals surface area contributed by atoms with Crippen molar-refractivity contribution in [1.82, 2.24) is 15.0 Å². The van der Waals surface area contributed by atoms with E-state index in [4.69, 9.17) is 4.74 Å². The molecule has 0 saturated heterocycles. The van der Waals surface area contributed by atoms with Gasteiger partial charge < -0.3 is 10.1 Å². The van der Waals surface area contributed by atoms with E-state index in [0.29, 0.717) is 17.9 Å². The SMILES string of the molecule is CCCOC(=O)c1cccc(NC(=O)Cn2nnc3ccccc32)c1. The van der Waals surface area contributed by atoms with Crippen LogP contribution in [0.25, 0.3) is 11.0 Å². The Hall–Kier alpha value is -3.22. The molecule has 3 aromatic rings. The van der Waals surface area contributed by atoms with E-state index >= 15 is 0 Å². The van der Waals surface area contributed by atoms with Crippen LogP contribution in [0.2, 0.25) is 0 Å². The molecule has 1 N–H and O–H groups in total. The highest BCUT2D eigenvalue weighted by molar-refractivity contribution is 5.94. The molecule has 0 atom stereocenters. The van der Waals surface area contributed by atoms with Crippen LogP contribution in [0.15, 0.2) is 48.5 Å². The molecule has 2 aromatic carbocycles.